The molecule has 346 valence electrons. The van der Waals surface area contributed by atoms with Crippen LogP contribution >= 0.6 is 7.82 Å². The molecular weight excluding hydrogens is 750 g/mol. The molecule has 1 unspecified atom stereocenters. The molecule has 10 heteroatoms. The van der Waals surface area contributed by atoms with E-state index in [1.165, 1.54) is 199 Å². The molecule has 58 heavy (non-hydrogen) atoms. The third-order valence-electron chi connectivity index (χ3n) is 11.2. The Balaban J connectivity index is 3.97. The Morgan fingerprint density at radius 3 is 1.05 bits per heavy atom. The van der Waals surface area contributed by atoms with Crippen LogP contribution in [0.2, 0.25) is 0 Å². The van der Waals surface area contributed by atoms with Crippen molar-refractivity contribution in [1.82, 2.24) is 0 Å². The second-order valence-corrected chi connectivity index (χ2v) is 18.5. The third kappa shape index (κ3) is 44.6. The summed E-state index contributed by atoms with van der Waals surface area (Å²) < 4.78 is 32.9. The molecule has 0 spiro atoms. The number of unbranched alkanes of at least 4 members (excludes halogenated alkanes) is 35. The SMILES string of the molecule is CCCCCCCCCCCCCCCCCCCCCCCCC(=O)OC[C@H](COP(=O)(O)OCCN)OC(=O)CCCCCCCCCCCCCCCCC. The van der Waals surface area contributed by atoms with Gasteiger partial charge in [0.1, 0.15) is 6.61 Å². The topological polar surface area (TPSA) is 134 Å². The predicted octanol–water partition coefficient (Wildman–Crippen LogP) is 14.8. The Morgan fingerprint density at radius 2 is 0.741 bits per heavy atom. The van der Waals surface area contributed by atoms with Crippen molar-refractivity contribution in [2.24, 2.45) is 5.73 Å². The van der Waals surface area contributed by atoms with Crippen LogP contribution in [0.4, 0.5) is 0 Å². The molecule has 0 aromatic heterocycles. The van der Waals surface area contributed by atoms with Crippen LogP contribution in [0.15, 0.2) is 0 Å². The minimum Gasteiger partial charge on any atom is -0.462 e. The number of hydrogen-bond acceptors (Lipinski definition) is 8. The van der Waals surface area contributed by atoms with Gasteiger partial charge in [0, 0.05) is 19.4 Å². The fraction of sp³-hybridized carbons (Fsp3) is 0.958. The van der Waals surface area contributed by atoms with Crippen LogP contribution in [0.5, 0.6) is 0 Å². The van der Waals surface area contributed by atoms with Crippen LogP contribution in [0.25, 0.3) is 0 Å². The zero-order chi connectivity index (χ0) is 42.5. The fourth-order valence-corrected chi connectivity index (χ4v) is 8.29. The number of phosphoric ester groups is 1. The minimum absolute atomic E-state index is 0.0583. The van der Waals surface area contributed by atoms with E-state index in [-0.39, 0.29) is 38.6 Å². The molecule has 0 aliphatic carbocycles. The van der Waals surface area contributed by atoms with E-state index in [9.17, 15) is 19.0 Å². The van der Waals surface area contributed by atoms with Gasteiger partial charge < -0.3 is 20.1 Å². The summed E-state index contributed by atoms with van der Waals surface area (Å²) in [4.78, 5) is 35.0. The second-order valence-electron chi connectivity index (χ2n) is 17.1. The van der Waals surface area contributed by atoms with Gasteiger partial charge in [-0.2, -0.15) is 0 Å². The van der Waals surface area contributed by atoms with Crippen molar-refractivity contribution >= 4 is 19.8 Å². The molecule has 0 saturated heterocycles. The van der Waals surface area contributed by atoms with Crippen molar-refractivity contribution < 1.29 is 37.6 Å². The van der Waals surface area contributed by atoms with Crippen molar-refractivity contribution in [3.05, 3.63) is 0 Å². The normalized spacial score (nSPS) is 13.1. The lowest BCUT2D eigenvalue weighted by atomic mass is 10.0. The van der Waals surface area contributed by atoms with Crippen LogP contribution in [-0.4, -0.2) is 49.3 Å². The van der Waals surface area contributed by atoms with Gasteiger partial charge in [-0.05, 0) is 12.8 Å². The summed E-state index contributed by atoms with van der Waals surface area (Å²) in [7, 11) is -4.37. The van der Waals surface area contributed by atoms with Crippen LogP contribution in [0.3, 0.4) is 0 Å². The summed E-state index contributed by atoms with van der Waals surface area (Å²) in [6.07, 6.45) is 47.1. The van der Waals surface area contributed by atoms with Crippen LogP contribution in [0.1, 0.15) is 264 Å². The van der Waals surface area contributed by atoms with Crippen molar-refractivity contribution in [3.63, 3.8) is 0 Å². The number of rotatable bonds is 48. The Labute approximate surface area is 358 Å². The van der Waals surface area contributed by atoms with Gasteiger partial charge in [-0.3, -0.25) is 18.6 Å². The van der Waals surface area contributed by atoms with E-state index in [2.05, 4.69) is 13.8 Å². The monoisotopic (exact) mass is 846 g/mol. The molecule has 0 fully saturated rings. The van der Waals surface area contributed by atoms with E-state index in [1.54, 1.807) is 0 Å². The number of hydrogen-bond donors (Lipinski definition) is 2. The second kappa shape index (κ2) is 45.5. The van der Waals surface area contributed by atoms with Gasteiger partial charge in [0.15, 0.2) is 6.10 Å². The number of ether oxygens (including phenoxy) is 2. The maximum absolute atomic E-state index is 12.6. The molecule has 0 aliphatic heterocycles. The van der Waals surface area contributed by atoms with E-state index in [4.69, 9.17) is 24.3 Å². The molecule has 0 heterocycles. The summed E-state index contributed by atoms with van der Waals surface area (Å²) in [6.45, 7) is 3.80. The number of carbonyl (C=O) groups excluding carboxylic acids is 2. The van der Waals surface area contributed by atoms with E-state index >= 15 is 0 Å². The van der Waals surface area contributed by atoms with Crippen molar-refractivity contribution in [2.75, 3.05) is 26.4 Å². The van der Waals surface area contributed by atoms with Crippen molar-refractivity contribution in [1.29, 1.82) is 0 Å². The quantitative estimate of drug-likeness (QED) is 0.0349. The molecule has 0 bridgehead atoms. The van der Waals surface area contributed by atoms with Crippen molar-refractivity contribution in [2.45, 2.75) is 270 Å². The highest BCUT2D eigenvalue weighted by Crippen LogP contribution is 2.43. The molecule has 2 atom stereocenters. The van der Waals surface area contributed by atoms with E-state index in [0.717, 1.165) is 32.1 Å². The average molecular weight is 846 g/mol. The summed E-state index contributed by atoms with van der Waals surface area (Å²) >= 11 is 0. The lowest BCUT2D eigenvalue weighted by Gasteiger charge is -2.19. The van der Waals surface area contributed by atoms with Gasteiger partial charge in [0.25, 0.3) is 0 Å². The van der Waals surface area contributed by atoms with Gasteiger partial charge in [0.2, 0.25) is 0 Å². The van der Waals surface area contributed by atoms with Gasteiger partial charge in [0.05, 0.1) is 13.2 Å². The number of esters is 2. The van der Waals surface area contributed by atoms with Gasteiger partial charge in [-0.15, -0.1) is 0 Å². The summed E-state index contributed by atoms with van der Waals surface area (Å²) in [5.74, 6) is -0.808. The first-order chi connectivity index (χ1) is 28.3. The molecule has 0 amide bonds. The van der Waals surface area contributed by atoms with Crippen LogP contribution < -0.4 is 5.73 Å². The highest BCUT2D eigenvalue weighted by molar-refractivity contribution is 7.47. The minimum atomic E-state index is -4.37. The highest BCUT2D eigenvalue weighted by atomic mass is 31.2. The molecule has 0 aromatic carbocycles. The zero-order valence-electron chi connectivity index (χ0n) is 38.3. The zero-order valence-corrected chi connectivity index (χ0v) is 39.2. The average Bonchev–Trinajstić information content (AvgIpc) is 3.21. The molecule has 0 aromatic rings. The summed E-state index contributed by atoms with van der Waals surface area (Å²) in [5, 5.41) is 0. The van der Waals surface area contributed by atoms with Gasteiger partial charge >= 0.3 is 19.8 Å². The van der Waals surface area contributed by atoms with Crippen molar-refractivity contribution in [3.8, 4) is 0 Å². The Morgan fingerprint density at radius 1 is 0.448 bits per heavy atom. The molecule has 0 radical (unpaired) electrons. The highest BCUT2D eigenvalue weighted by Gasteiger charge is 2.26. The lowest BCUT2D eigenvalue weighted by Crippen LogP contribution is -2.29. The molecule has 0 aliphatic rings. The number of phosphoric acid groups is 1. The lowest BCUT2D eigenvalue weighted by molar-refractivity contribution is -0.161. The van der Waals surface area contributed by atoms with Gasteiger partial charge in [-0.1, -0.05) is 239 Å². The van der Waals surface area contributed by atoms with E-state index < -0.39 is 26.5 Å². The molecule has 9 nitrogen and oxygen atoms in total. The Hall–Kier alpha value is -0.990. The first-order valence-electron chi connectivity index (χ1n) is 25.0. The van der Waals surface area contributed by atoms with Crippen LogP contribution in [-0.2, 0) is 32.7 Å². The smallest absolute Gasteiger partial charge is 0.462 e. The predicted molar refractivity (Wildman–Crippen MR) is 243 cm³/mol. The fourth-order valence-electron chi connectivity index (χ4n) is 7.52. The maximum Gasteiger partial charge on any atom is 0.472 e. The third-order valence-corrected chi connectivity index (χ3v) is 12.2. The summed E-state index contributed by atoms with van der Waals surface area (Å²) in [5.41, 5.74) is 5.36. The molecule has 0 rings (SSSR count). The van der Waals surface area contributed by atoms with E-state index in [0.29, 0.717) is 6.42 Å². The first kappa shape index (κ1) is 57.0. The largest absolute Gasteiger partial charge is 0.472 e. The Bertz CT molecular complexity index is 922. The number of carbonyl (C=O) groups is 2. The van der Waals surface area contributed by atoms with Crippen LogP contribution in [0, 0.1) is 0 Å². The maximum atomic E-state index is 12.6. The summed E-state index contributed by atoms with van der Waals surface area (Å²) in [6, 6.07) is 0. The van der Waals surface area contributed by atoms with E-state index in [1.807, 2.05) is 0 Å². The Kier molecular flexibility index (Phi) is 44.8. The molecular formula is C48H96NO8P. The van der Waals surface area contributed by atoms with Gasteiger partial charge in [-0.25, -0.2) is 4.57 Å². The number of nitrogens with two attached hydrogens (primary N) is 1. The molecule has 3 N–H and O–H groups in total. The first-order valence-corrected chi connectivity index (χ1v) is 26.5. The standard InChI is InChI=1S/C48H96NO8P/c1-3-5-7-9-11-13-15-17-19-20-21-22-23-24-25-27-28-30-32-34-36-38-40-47(50)54-44-46(45-56-58(52,53)55-43-42-49)57-48(51)41-39-37-35-33-31-29-26-18-16-14-12-10-8-6-4-2/h46H,3-45,49H2,1-2H3,(H,52,53)/t46-/m1/s1. The molecule has 0 saturated carbocycles.